The first-order chi connectivity index (χ1) is 11.0. The number of hydrogen-bond donors (Lipinski definition) is 1. The molecule has 2 aromatic rings. The van der Waals surface area contributed by atoms with Crippen LogP contribution in [-0.2, 0) is 19.6 Å². The van der Waals surface area contributed by atoms with Crippen LogP contribution in [0, 0.1) is 0 Å². The highest BCUT2D eigenvalue weighted by atomic mass is 32.1. The zero-order valence-electron chi connectivity index (χ0n) is 13.2. The molecule has 122 valence electrons. The molecule has 0 atom stereocenters. The Morgan fingerprint density at radius 2 is 2.22 bits per heavy atom. The smallest absolute Gasteiger partial charge is 0.319 e. The van der Waals surface area contributed by atoms with Gasteiger partial charge in [-0.05, 0) is 17.5 Å². The van der Waals surface area contributed by atoms with Crippen molar-refractivity contribution in [2.75, 3.05) is 20.6 Å². The number of rotatable bonds is 3. The van der Waals surface area contributed by atoms with Crippen molar-refractivity contribution in [3.63, 3.8) is 0 Å². The van der Waals surface area contributed by atoms with E-state index < -0.39 is 0 Å². The van der Waals surface area contributed by atoms with E-state index in [4.69, 9.17) is 0 Å². The van der Waals surface area contributed by atoms with Crippen molar-refractivity contribution < 1.29 is 9.59 Å². The lowest BCUT2D eigenvalue weighted by atomic mass is 10.3. The fourth-order valence-electron chi connectivity index (χ4n) is 2.52. The zero-order valence-corrected chi connectivity index (χ0v) is 14.0. The normalized spacial score (nSPS) is 13.6. The van der Waals surface area contributed by atoms with Crippen LogP contribution in [0.1, 0.15) is 21.1 Å². The third-order valence-corrected chi connectivity index (χ3v) is 4.55. The van der Waals surface area contributed by atoms with Crippen molar-refractivity contribution in [2.24, 2.45) is 0 Å². The van der Waals surface area contributed by atoms with Gasteiger partial charge in [0.15, 0.2) is 0 Å². The van der Waals surface area contributed by atoms with Gasteiger partial charge in [0.25, 0.3) is 5.91 Å². The molecule has 0 aliphatic carbocycles. The number of hydrogen-bond acceptors (Lipinski definition) is 4. The van der Waals surface area contributed by atoms with Crippen LogP contribution in [-0.4, -0.2) is 52.2 Å². The Balaban J connectivity index is 1.62. The van der Waals surface area contributed by atoms with Gasteiger partial charge in [-0.15, -0.1) is 11.3 Å². The van der Waals surface area contributed by atoms with Gasteiger partial charge in [-0.1, -0.05) is 6.07 Å². The highest BCUT2D eigenvalue weighted by Gasteiger charge is 2.23. The van der Waals surface area contributed by atoms with Gasteiger partial charge in [0, 0.05) is 20.6 Å². The van der Waals surface area contributed by atoms with Crippen LogP contribution in [0.25, 0.3) is 0 Å². The molecule has 2 aromatic heterocycles. The summed E-state index contributed by atoms with van der Waals surface area (Å²) in [4.78, 5) is 28.0. The molecule has 0 aromatic carbocycles. The summed E-state index contributed by atoms with van der Waals surface area (Å²) in [5.41, 5.74) is 1.80. The number of nitrogens with zero attached hydrogens (tertiary/aromatic N) is 4. The molecule has 0 unspecified atom stereocenters. The van der Waals surface area contributed by atoms with Crippen LogP contribution in [0.5, 0.6) is 0 Å². The van der Waals surface area contributed by atoms with E-state index in [9.17, 15) is 9.59 Å². The second kappa shape index (κ2) is 6.41. The maximum atomic E-state index is 12.0. The molecule has 0 bridgehead atoms. The van der Waals surface area contributed by atoms with Crippen molar-refractivity contribution in [3.8, 4) is 0 Å². The first-order valence-electron chi connectivity index (χ1n) is 7.38. The van der Waals surface area contributed by atoms with Crippen LogP contribution in [0.4, 0.5) is 4.79 Å². The van der Waals surface area contributed by atoms with Crippen molar-refractivity contribution in [1.82, 2.24) is 24.9 Å². The van der Waals surface area contributed by atoms with Crippen LogP contribution >= 0.6 is 11.3 Å². The van der Waals surface area contributed by atoms with E-state index >= 15 is 0 Å². The van der Waals surface area contributed by atoms with Gasteiger partial charge in [-0.2, -0.15) is 5.10 Å². The Kier molecular flexibility index (Phi) is 4.33. The predicted octanol–water partition coefficient (Wildman–Crippen LogP) is 1.37. The molecular formula is C15H19N5O2S. The van der Waals surface area contributed by atoms with Crippen molar-refractivity contribution in [2.45, 2.75) is 19.6 Å². The predicted molar refractivity (Wildman–Crippen MR) is 87.2 cm³/mol. The molecule has 1 aliphatic heterocycles. The van der Waals surface area contributed by atoms with Gasteiger partial charge >= 0.3 is 6.03 Å². The molecule has 8 heteroatoms. The number of carbonyl (C=O) groups excluding carboxylic acids is 2. The number of aromatic nitrogens is 2. The molecule has 0 spiro atoms. The highest BCUT2D eigenvalue weighted by Crippen LogP contribution is 2.15. The first kappa shape index (κ1) is 15.5. The van der Waals surface area contributed by atoms with E-state index in [1.165, 1.54) is 11.3 Å². The summed E-state index contributed by atoms with van der Waals surface area (Å²) in [5, 5.41) is 9.24. The highest BCUT2D eigenvalue weighted by molar-refractivity contribution is 7.12. The molecule has 0 radical (unpaired) electrons. The van der Waals surface area contributed by atoms with Crippen molar-refractivity contribution in [1.29, 1.82) is 0 Å². The summed E-state index contributed by atoms with van der Waals surface area (Å²) in [5.74, 6) is -0.0876. The lowest BCUT2D eigenvalue weighted by molar-refractivity contribution is 0.0954. The Morgan fingerprint density at radius 3 is 2.91 bits per heavy atom. The molecule has 1 N–H and O–H groups in total. The van der Waals surface area contributed by atoms with Crippen LogP contribution in [0.2, 0.25) is 0 Å². The molecule has 0 saturated heterocycles. The fraction of sp³-hybridized carbons (Fsp3) is 0.400. The third kappa shape index (κ3) is 3.37. The van der Waals surface area contributed by atoms with E-state index in [1.807, 2.05) is 22.2 Å². The second-order valence-electron chi connectivity index (χ2n) is 5.61. The van der Waals surface area contributed by atoms with Crippen molar-refractivity contribution >= 4 is 23.3 Å². The zero-order chi connectivity index (χ0) is 16.4. The minimum absolute atomic E-state index is 0.00463. The van der Waals surface area contributed by atoms with Crippen LogP contribution in [0.15, 0.2) is 23.6 Å². The first-order valence-corrected chi connectivity index (χ1v) is 8.26. The molecule has 3 heterocycles. The van der Waals surface area contributed by atoms with E-state index in [0.29, 0.717) is 31.1 Å². The lowest BCUT2D eigenvalue weighted by Crippen LogP contribution is -2.43. The Bertz CT molecular complexity index is 708. The van der Waals surface area contributed by atoms with E-state index in [-0.39, 0.29) is 11.9 Å². The fourth-order valence-corrected chi connectivity index (χ4v) is 3.16. The van der Waals surface area contributed by atoms with Gasteiger partial charge in [0.1, 0.15) is 0 Å². The Hall–Kier alpha value is -2.35. The number of urea groups is 1. The van der Waals surface area contributed by atoms with Gasteiger partial charge in [0.2, 0.25) is 0 Å². The monoisotopic (exact) mass is 333 g/mol. The Morgan fingerprint density at radius 1 is 1.39 bits per heavy atom. The minimum atomic E-state index is -0.0876. The summed E-state index contributed by atoms with van der Waals surface area (Å²) >= 11 is 1.41. The van der Waals surface area contributed by atoms with Gasteiger partial charge in [-0.3, -0.25) is 9.48 Å². The number of carbonyl (C=O) groups is 2. The minimum Gasteiger partial charge on any atom is -0.346 e. The maximum absolute atomic E-state index is 12.0. The number of amides is 3. The largest absolute Gasteiger partial charge is 0.346 e. The number of nitrogens with one attached hydrogen (secondary N) is 1. The molecular weight excluding hydrogens is 314 g/mol. The molecule has 0 fully saturated rings. The third-order valence-electron chi connectivity index (χ3n) is 3.68. The van der Waals surface area contributed by atoms with E-state index in [2.05, 4.69) is 10.4 Å². The Labute approximate surface area is 138 Å². The summed E-state index contributed by atoms with van der Waals surface area (Å²) in [7, 11) is 3.50. The summed E-state index contributed by atoms with van der Waals surface area (Å²) in [6.07, 6.45) is 0. The standard InChI is InChI=1S/C15H19N5O2S/c1-18(2)15(22)19-5-6-20-12(10-19)8-11(17-20)9-16-14(21)13-4-3-7-23-13/h3-4,7-8H,5-6,9-10H2,1-2H3,(H,16,21). The second-order valence-corrected chi connectivity index (χ2v) is 6.56. The molecule has 23 heavy (non-hydrogen) atoms. The van der Waals surface area contributed by atoms with Gasteiger partial charge in [-0.25, -0.2) is 4.79 Å². The van der Waals surface area contributed by atoms with E-state index in [1.54, 1.807) is 30.0 Å². The topological polar surface area (TPSA) is 70.5 Å². The molecule has 3 rings (SSSR count). The number of fused-ring (bicyclic) bond motifs is 1. The van der Waals surface area contributed by atoms with Crippen LogP contribution in [0.3, 0.4) is 0 Å². The molecule has 3 amide bonds. The SMILES string of the molecule is CN(C)C(=O)N1CCn2nc(CNC(=O)c3cccs3)cc2C1. The quantitative estimate of drug-likeness (QED) is 0.922. The van der Waals surface area contributed by atoms with Gasteiger partial charge < -0.3 is 15.1 Å². The van der Waals surface area contributed by atoms with Crippen molar-refractivity contribution in [3.05, 3.63) is 39.8 Å². The lowest BCUT2D eigenvalue weighted by Gasteiger charge is -2.29. The average Bonchev–Trinajstić information content (AvgIpc) is 3.19. The van der Waals surface area contributed by atoms with E-state index in [0.717, 1.165) is 11.4 Å². The molecule has 0 saturated carbocycles. The van der Waals surface area contributed by atoms with Gasteiger partial charge in [0.05, 0.1) is 35.9 Å². The average molecular weight is 333 g/mol. The molecule has 7 nitrogen and oxygen atoms in total. The summed E-state index contributed by atoms with van der Waals surface area (Å²) < 4.78 is 1.91. The molecule has 1 aliphatic rings. The maximum Gasteiger partial charge on any atom is 0.319 e. The van der Waals surface area contributed by atoms with Crippen LogP contribution < -0.4 is 5.32 Å². The summed E-state index contributed by atoms with van der Waals surface area (Å²) in [6, 6.07) is 5.60. The number of thiophene rings is 1. The summed E-state index contributed by atoms with van der Waals surface area (Å²) in [6.45, 7) is 2.25.